The second-order valence-electron chi connectivity index (χ2n) is 5.38. The number of rotatable bonds is 3. The second kappa shape index (κ2) is 5.86. The normalized spacial score (nSPS) is 11.0. The number of benzene rings is 2. The maximum Gasteiger partial charge on any atom is 0.143 e. The average Bonchev–Trinajstić information content (AvgIpc) is 2.95. The van der Waals surface area contributed by atoms with Crippen LogP contribution in [0.4, 0.5) is 0 Å². The van der Waals surface area contributed by atoms with Crippen molar-refractivity contribution in [1.82, 2.24) is 14.5 Å². The molecule has 0 unspecified atom stereocenters. The molecule has 23 heavy (non-hydrogen) atoms. The molecule has 2 aromatic carbocycles. The van der Waals surface area contributed by atoms with Gasteiger partial charge in [-0.25, -0.2) is 4.98 Å². The van der Waals surface area contributed by atoms with Gasteiger partial charge in [-0.15, -0.1) is 0 Å². The van der Waals surface area contributed by atoms with Crippen molar-refractivity contribution in [2.24, 2.45) is 0 Å². The molecular weight excluding hydrogens is 306 g/mol. The Hall–Kier alpha value is -2.65. The van der Waals surface area contributed by atoms with E-state index in [0.29, 0.717) is 6.54 Å². The number of para-hydroxylation sites is 2. The highest BCUT2D eigenvalue weighted by Crippen LogP contribution is 2.25. The minimum Gasteiger partial charge on any atom is -0.319 e. The summed E-state index contributed by atoms with van der Waals surface area (Å²) in [5, 5.41) is 0.745. The van der Waals surface area contributed by atoms with Crippen molar-refractivity contribution < 1.29 is 0 Å². The fourth-order valence-corrected chi connectivity index (χ4v) is 2.98. The summed E-state index contributed by atoms with van der Waals surface area (Å²) < 4.78 is 2.21. The largest absolute Gasteiger partial charge is 0.319 e. The molecule has 0 radical (unpaired) electrons. The fraction of sp³-hybridized carbons (Fsp3) is 0.0526. The van der Waals surface area contributed by atoms with Gasteiger partial charge in [-0.05, 0) is 42.0 Å². The number of fused-ring (bicyclic) bond motifs is 1. The molecule has 3 nitrogen and oxygen atoms in total. The SMILES string of the molecule is Clc1cccc(Cn2c(-c3cccnc3)nc3ccccc32)c1. The van der Waals surface area contributed by atoms with Crippen LogP contribution < -0.4 is 0 Å². The molecule has 0 aliphatic carbocycles. The summed E-state index contributed by atoms with van der Waals surface area (Å²) in [6.45, 7) is 0.714. The van der Waals surface area contributed by atoms with Crippen LogP contribution >= 0.6 is 11.6 Å². The van der Waals surface area contributed by atoms with Crippen molar-refractivity contribution in [2.75, 3.05) is 0 Å². The van der Waals surface area contributed by atoms with Gasteiger partial charge < -0.3 is 4.57 Å². The molecule has 112 valence electrons. The molecule has 4 rings (SSSR count). The van der Waals surface area contributed by atoms with E-state index < -0.39 is 0 Å². The smallest absolute Gasteiger partial charge is 0.143 e. The molecule has 0 fully saturated rings. The van der Waals surface area contributed by atoms with E-state index in [-0.39, 0.29) is 0 Å². The van der Waals surface area contributed by atoms with E-state index in [1.54, 1.807) is 6.20 Å². The fourth-order valence-electron chi connectivity index (χ4n) is 2.77. The predicted molar refractivity (Wildman–Crippen MR) is 93.5 cm³/mol. The van der Waals surface area contributed by atoms with Gasteiger partial charge in [-0.2, -0.15) is 0 Å². The monoisotopic (exact) mass is 319 g/mol. The van der Waals surface area contributed by atoms with Crippen LogP contribution in [0, 0.1) is 0 Å². The van der Waals surface area contributed by atoms with Crippen LogP contribution in [0.15, 0.2) is 73.1 Å². The molecule has 0 N–H and O–H groups in total. The third-order valence-corrected chi connectivity index (χ3v) is 4.04. The third kappa shape index (κ3) is 2.71. The summed E-state index contributed by atoms with van der Waals surface area (Å²) in [5.41, 5.74) is 4.23. The highest BCUT2D eigenvalue weighted by Gasteiger charge is 2.12. The van der Waals surface area contributed by atoms with Crippen LogP contribution in [0.2, 0.25) is 5.02 Å². The summed E-state index contributed by atoms with van der Waals surface area (Å²) in [5.74, 6) is 0.916. The topological polar surface area (TPSA) is 30.7 Å². The molecule has 0 amide bonds. The first-order valence-electron chi connectivity index (χ1n) is 7.41. The van der Waals surface area contributed by atoms with E-state index in [9.17, 15) is 0 Å². The van der Waals surface area contributed by atoms with Gasteiger partial charge in [-0.3, -0.25) is 4.98 Å². The number of aromatic nitrogens is 3. The van der Waals surface area contributed by atoms with Crippen LogP contribution in [0.25, 0.3) is 22.4 Å². The van der Waals surface area contributed by atoms with Crippen LogP contribution in [0.5, 0.6) is 0 Å². The molecule has 0 aliphatic heterocycles. The van der Waals surface area contributed by atoms with Crippen molar-refractivity contribution in [2.45, 2.75) is 6.54 Å². The highest BCUT2D eigenvalue weighted by molar-refractivity contribution is 6.30. The molecule has 0 spiro atoms. The second-order valence-corrected chi connectivity index (χ2v) is 5.82. The van der Waals surface area contributed by atoms with Crippen LogP contribution in [-0.2, 0) is 6.54 Å². The maximum absolute atomic E-state index is 6.13. The van der Waals surface area contributed by atoms with Gasteiger partial charge in [0.15, 0.2) is 0 Å². The molecule has 0 atom stereocenters. The van der Waals surface area contributed by atoms with Crippen molar-refractivity contribution in [3.05, 3.63) is 83.6 Å². The number of halogens is 1. The highest BCUT2D eigenvalue weighted by atomic mass is 35.5. The summed E-state index contributed by atoms with van der Waals surface area (Å²) >= 11 is 6.13. The predicted octanol–water partition coefficient (Wildman–Crippen LogP) is 4.80. The Kier molecular flexibility index (Phi) is 3.56. The van der Waals surface area contributed by atoms with Crippen LogP contribution in [0.1, 0.15) is 5.56 Å². The number of imidazole rings is 1. The summed E-state index contributed by atoms with van der Waals surface area (Å²) in [7, 11) is 0. The zero-order valence-corrected chi connectivity index (χ0v) is 13.1. The molecule has 2 aromatic heterocycles. The lowest BCUT2D eigenvalue weighted by molar-refractivity contribution is 0.834. The third-order valence-electron chi connectivity index (χ3n) is 3.80. The van der Waals surface area contributed by atoms with Crippen LogP contribution in [0.3, 0.4) is 0 Å². The van der Waals surface area contributed by atoms with Gasteiger partial charge in [0.25, 0.3) is 0 Å². The Morgan fingerprint density at radius 2 is 1.87 bits per heavy atom. The van der Waals surface area contributed by atoms with E-state index in [2.05, 4.69) is 21.7 Å². The van der Waals surface area contributed by atoms with Gasteiger partial charge in [0.1, 0.15) is 5.82 Å². The van der Waals surface area contributed by atoms with Gasteiger partial charge in [0.05, 0.1) is 11.0 Å². The number of nitrogens with zero attached hydrogens (tertiary/aromatic N) is 3. The molecule has 0 bridgehead atoms. The van der Waals surface area contributed by atoms with Gasteiger partial charge >= 0.3 is 0 Å². The summed E-state index contributed by atoms with van der Waals surface area (Å²) in [6, 6.07) is 20.0. The number of pyridine rings is 1. The molecule has 4 heteroatoms. The summed E-state index contributed by atoms with van der Waals surface area (Å²) in [4.78, 5) is 9.01. The lowest BCUT2D eigenvalue weighted by Gasteiger charge is -2.09. The van der Waals surface area contributed by atoms with E-state index in [1.807, 2.05) is 54.7 Å². The standard InChI is InChI=1S/C19H14ClN3/c20-16-7-3-5-14(11-16)13-23-18-9-2-1-8-17(18)22-19(23)15-6-4-10-21-12-15/h1-12H,13H2. The first-order valence-corrected chi connectivity index (χ1v) is 7.79. The quantitative estimate of drug-likeness (QED) is 0.543. The average molecular weight is 320 g/mol. The maximum atomic E-state index is 6.13. The molecular formula is C19H14ClN3. The van der Waals surface area contributed by atoms with E-state index in [0.717, 1.165) is 33.0 Å². The van der Waals surface area contributed by atoms with Crippen molar-refractivity contribution in [1.29, 1.82) is 0 Å². The zero-order chi connectivity index (χ0) is 15.6. The van der Waals surface area contributed by atoms with Crippen molar-refractivity contribution in [3.8, 4) is 11.4 Å². The summed E-state index contributed by atoms with van der Waals surface area (Å²) in [6.07, 6.45) is 3.61. The molecule has 2 heterocycles. The van der Waals surface area contributed by atoms with E-state index >= 15 is 0 Å². The minimum absolute atomic E-state index is 0.714. The first-order chi connectivity index (χ1) is 11.3. The van der Waals surface area contributed by atoms with Gasteiger partial charge in [0, 0.05) is 29.5 Å². The number of hydrogen-bond donors (Lipinski definition) is 0. The van der Waals surface area contributed by atoms with Gasteiger partial charge in [-0.1, -0.05) is 35.9 Å². The Labute approximate surface area is 139 Å². The first kappa shape index (κ1) is 14.0. The molecule has 0 saturated heterocycles. The Morgan fingerprint density at radius 1 is 0.957 bits per heavy atom. The Balaban J connectivity index is 1.89. The van der Waals surface area contributed by atoms with Crippen LogP contribution in [-0.4, -0.2) is 14.5 Å². The lowest BCUT2D eigenvalue weighted by Crippen LogP contribution is -2.02. The lowest BCUT2D eigenvalue weighted by atomic mass is 10.2. The van der Waals surface area contributed by atoms with Gasteiger partial charge in [0.2, 0.25) is 0 Å². The van der Waals surface area contributed by atoms with E-state index in [1.165, 1.54) is 0 Å². The molecule has 0 aliphatic rings. The molecule has 0 saturated carbocycles. The Morgan fingerprint density at radius 3 is 2.70 bits per heavy atom. The zero-order valence-electron chi connectivity index (χ0n) is 12.4. The van der Waals surface area contributed by atoms with E-state index in [4.69, 9.17) is 16.6 Å². The van der Waals surface area contributed by atoms with Crippen molar-refractivity contribution in [3.63, 3.8) is 0 Å². The van der Waals surface area contributed by atoms with Crippen molar-refractivity contribution >= 4 is 22.6 Å². The Bertz CT molecular complexity index is 961. The number of hydrogen-bond acceptors (Lipinski definition) is 2. The minimum atomic E-state index is 0.714. The molecule has 4 aromatic rings.